The predicted molar refractivity (Wildman–Crippen MR) is 81.0 cm³/mol. The van der Waals surface area contributed by atoms with E-state index in [0.29, 0.717) is 24.0 Å². The van der Waals surface area contributed by atoms with E-state index in [2.05, 4.69) is 13.8 Å². The summed E-state index contributed by atoms with van der Waals surface area (Å²) in [5, 5.41) is 0. The maximum atomic E-state index is 12.2. The Morgan fingerprint density at radius 3 is 2.89 bits per heavy atom. The van der Waals surface area contributed by atoms with Crippen LogP contribution in [0.1, 0.15) is 87.1 Å². The van der Waals surface area contributed by atoms with E-state index in [0.717, 1.165) is 38.5 Å². The maximum Gasteiger partial charge on any atom is 0.136 e. The van der Waals surface area contributed by atoms with E-state index in [1.807, 2.05) is 0 Å². The molecule has 0 aliphatic heterocycles. The van der Waals surface area contributed by atoms with Gasteiger partial charge in [0.1, 0.15) is 5.78 Å². The molecule has 0 amide bonds. The van der Waals surface area contributed by atoms with Crippen molar-refractivity contribution in [3.8, 4) is 0 Å². The van der Waals surface area contributed by atoms with Crippen molar-refractivity contribution in [2.45, 2.75) is 78.9 Å². The molecule has 0 aromatic carbocycles. The van der Waals surface area contributed by atoms with Crippen LogP contribution in [0.3, 0.4) is 0 Å². The number of hydrogen-bond donors (Lipinski definition) is 0. The Kier molecular flexibility index (Phi) is 2.78. The Bertz CT molecular complexity index is 469. The highest BCUT2D eigenvalue weighted by atomic mass is 16.1. The third-order valence-electron chi connectivity index (χ3n) is 5.78. The first-order chi connectivity index (χ1) is 11.4. The Labute approximate surface area is 128 Å². The van der Waals surface area contributed by atoms with Crippen LogP contribution in [0.15, 0.2) is 0 Å². The van der Waals surface area contributed by atoms with E-state index in [1.165, 1.54) is 0 Å². The van der Waals surface area contributed by atoms with Gasteiger partial charge < -0.3 is 0 Å². The van der Waals surface area contributed by atoms with E-state index in [4.69, 9.17) is 8.22 Å². The lowest BCUT2D eigenvalue weighted by atomic mass is 9.62. The lowest BCUT2D eigenvalue weighted by Crippen LogP contribution is -2.39. The number of carbonyl (C=O) groups is 1. The van der Waals surface area contributed by atoms with Crippen molar-refractivity contribution in [2.75, 3.05) is 0 Å². The van der Waals surface area contributed by atoms with Gasteiger partial charge in [-0.3, -0.25) is 4.79 Å². The lowest BCUT2D eigenvalue weighted by molar-refractivity contribution is -0.130. The molecule has 0 aromatic heterocycles. The fourth-order valence-corrected chi connectivity index (χ4v) is 4.75. The van der Waals surface area contributed by atoms with Crippen LogP contribution in [-0.4, -0.2) is 5.78 Å². The van der Waals surface area contributed by atoms with Crippen molar-refractivity contribution in [3.63, 3.8) is 0 Å². The minimum absolute atomic E-state index is 0.0855. The molecule has 2 aliphatic carbocycles. The molecule has 0 heterocycles. The summed E-state index contributed by atoms with van der Waals surface area (Å²) in [5.74, 6) is 0.269. The number of fused-ring (bicyclic) bond motifs is 1. The molecule has 1 nitrogen and oxygen atoms in total. The first kappa shape index (κ1) is 8.85. The molecule has 0 spiro atoms. The molecule has 0 saturated heterocycles. The van der Waals surface area contributed by atoms with Crippen molar-refractivity contribution in [1.29, 1.82) is 0 Å². The summed E-state index contributed by atoms with van der Waals surface area (Å²) >= 11 is 0. The maximum absolute atomic E-state index is 12.2. The largest absolute Gasteiger partial charge is 0.299 e. The number of rotatable bonds is 5. The average molecular weight is 270 g/mol. The van der Waals surface area contributed by atoms with Crippen LogP contribution in [-0.2, 0) is 4.79 Å². The van der Waals surface area contributed by atoms with Gasteiger partial charge in [-0.2, -0.15) is 0 Å². The molecule has 2 rings (SSSR count). The number of carbonyl (C=O) groups excluding carboxylic acids is 1. The minimum atomic E-state index is -2.44. The summed E-state index contributed by atoms with van der Waals surface area (Å²) in [5.41, 5.74) is 0.0855. The summed E-state index contributed by atoms with van der Waals surface area (Å²) in [6.45, 7) is -0.420. The normalized spacial score (nSPS) is 42.6. The van der Waals surface area contributed by atoms with E-state index in [1.54, 1.807) is 0 Å². The lowest BCUT2D eigenvalue weighted by Gasteiger charge is -2.42. The van der Waals surface area contributed by atoms with Crippen LogP contribution in [0.5, 0.6) is 0 Å². The molecule has 1 heteroatoms. The van der Waals surface area contributed by atoms with Crippen molar-refractivity contribution in [2.24, 2.45) is 29.1 Å². The molecule has 0 N–H and O–H groups in total. The van der Waals surface area contributed by atoms with Crippen LogP contribution >= 0.6 is 0 Å². The molecule has 2 fully saturated rings. The molecule has 4 atom stereocenters. The quantitative estimate of drug-likeness (QED) is 0.668. The highest BCUT2D eigenvalue weighted by Gasteiger charge is 2.52. The SMILES string of the molecule is [2H]C([2H])([2H])C(CCC[C@@H](C)[C@H]1CC[C@H]2C(=O)CCC[C@]12C)C([2H])([2H])[2H]. The van der Waals surface area contributed by atoms with Gasteiger partial charge in [0.2, 0.25) is 0 Å². The second kappa shape index (κ2) is 5.97. The van der Waals surface area contributed by atoms with Gasteiger partial charge in [0, 0.05) is 20.6 Å². The smallest absolute Gasteiger partial charge is 0.136 e. The van der Waals surface area contributed by atoms with Crippen molar-refractivity contribution >= 4 is 5.78 Å². The zero-order valence-corrected chi connectivity index (χ0v) is 12.4. The fraction of sp³-hybridized carbons (Fsp3) is 0.944. The Balaban J connectivity index is 1.94. The first-order valence-corrected chi connectivity index (χ1v) is 7.90. The molecule has 2 saturated carbocycles. The van der Waals surface area contributed by atoms with Gasteiger partial charge in [0.05, 0.1) is 0 Å². The second-order valence-corrected chi connectivity index (χ2v) is 7.02. The van der Waals surface area contributed by atoms with Gasteiger partial charge in [0.25, 0.3) is 0 Å². The zero-order chi connectivity index (χ0) is 19.0. The summed E-state index contributed by atoms with van der Waals surface area (Å²) in [4.78, 5) is 12.2. The summed E-state index contributed by atoms with van der Waals surface area (Å²) < 4.78 is 45.0. The highest BCUT2D eigenvalue weighted by molar-refractivity contribution is 5.83. The van der Waals surface area contributed by atoms with Crippen LogP contribution in [0.2, 0.25) is 0 Å². The van der Waals surface area contributed by atoms with Gasteiger partial charge in [-0.1, -0.05) is 46.8 Å². The highest BCUT2D eigenvalue weighted by Crippen LogP contribution is 2.57. The topological polar surface area (TPSA) is 17.1 Å². The first-order valence-electron chi connectivity index (χ1n) is 10.9. The molecule has 0 bridgehead atoms. The molecular weight excluding hydrogens is 232 g/mol. The van der Waals surface area contributed by atoms with Crippen molar-refractivity contribution < 1.29 is 13.0 Å². The van der Waals surface area contributed by atoms with Gasteiger partial charge >= 0.3 is 0 Å². The zero-order valence-electron chi connectivity index (χ0n) is 18.4. The fourth-order valence-electron chi connectivity index (χ4n) is 4.75. The Morgan fingerprint density at radius 1 is 1.37 bits per heavy atom. The van der Waals surface area contributed by atoms with Crippen molar-refractivity contribution in [1.82, 2.24) is 0 Å². The molecule has 0 aromatic rings. The second-order valence-electron chi connectivity index (χ2n) is 7.02. The predicted octanol–water partition coefficient (Wildman–Crippen LogP) is 5.23. The third-order valence-corrected chi connectivity index (χ3v) is 5.78. The molecule has 0 unspecified atom stereocenters. The number of ketones is 1. The molecule has 2 aliphatic rings. The third kappa shape index (κ3) is 3.06. The Hall–Kier alpha value is -0.330. The van der Waals surface area contributed by atoms with Crippen LogP contribution in [0.25, 0.3) is 0 Å². The molecular formula is C18H32O. The summed E-state index contributed by atoms with van der Waals surface area (Å²) in [6, 6.07) is 0. The van der Waals surface area contributed by atoms with E-state index < -0.39 is 19.6 Å². The van der Waals surface area contributed by atoms with Crippen LogP contribution < -0.4 is 0 Å². The van der Waals surface area contributed by atoms with Gasteiger partial charge in [-0.25, -0.2) is 0 Å². The van der Waals surface area contributed by atoms with E-state index >= 15 is 0 Å². The van der Waals surface area contributed by atoms with Crippen LogP contribution in [0.4, 0.5) is 0 Å². The van der Waals surface area contributed by atoms with Gasteiger partial charge in [0.15, 0.2) is 0 Å². The monoisotopic (exact) mass is 270 g/mol. The Morgan fingerprint density at radius 2 is 2.16 bits per heavy atom. The standard InChI is InChI=1S/C18H32O/c1-13(2)7-5-8-14(3)15-10-11-16-17(19)9-6-12-18(15,16)4/h13-16H,5-12H2,1-4H3/t14-,15-,16+,18-/m1/s1/i1D3,2D3. The van der Waals surface area contributed by atoms with E-state index in [9.17, 15) is 4.79 Å². The number of hydrogen-bond acceptors (Lipinski definition) is 1. The number of Topliss-reactive ketones (excluding diaryl/α,β-unsaturated/α-hetero) is 1. The molecule has 19 heavy (non-hydrogen) atoms. The summed E-state index contributed by atoms with van der Waals surface area (Å²) in [7, 11) is 0. The minimum Gasteiger partial charge on any atom is -0.299 e. The van der Waals surface area contributed by atoms with E-state index in [-0.39, 0.29) is 17.8 Å². The van der Waals surface area contributed by atoms with Gasteiger partial charge in [-0.15, -0.1) is 0 Å². The molecule has 110 valence electrons. The van der Waals surface area contributed by atoms with Crippen molar-refractivity contribution in [3.05, 3.63) is 0 Å². The van der Waals surface area contributed by atoms with Gasteiger partial charge in [-0.05, 0) is 48.9 Å². The average Bonchev–Trinajstić information content (AvgIpc) is 2.79. The summed E-state index contributed by atoms with van der Waals surface area (Å²) in [6.07, 6.45) is 6.52. The molecule has 0 radical (unpaired) electrons. The van der Waals surface area contributed by atoms with Crippen LogP contribution in [0, 0.1) is 29.1 Å².